The van der Waals surface area contributed by atoms with E-state index in [1.807, 2.05) is 18.3 Å². The highest BCUT2D eigenvalue weighted by molar-refractivity contribution is 5.68. The van der Waals surface area contributed by atoms with Gasteiger partial charge in [0, 0.05) is 29.6 Å². The second-order valence-electron chi connectivity index (χ2n) is 5.28. The van der Waals surface area contributed by atoms with E-state index < -0.39 is 0 Å². The number of aryl methyl sites for hydroxylation is 3. The van der Waals surface area contributed by atoms with Gasteiger partial charge in [-0.25, -0.2) is 4.98 Å². The lowest BCUT2D eigenvalue weighted by molar-refractivity contribution is 1.03. The van der Waals surface area contributed by atoms with Crippen LogP contribution in [-0.2, 0) is 6.54 Å². The molecule has 0 aliphatic heterocycles. The lowest BCUT2D eigenvalue weighted by Gasteiger charge is -2.04. The smallest absolute Gasteiger partial charge is 0.142 e. The maximum Gasteiger partial charge on any atom is 0.142 e. The molecule has 0 amide bonds. The molecule has 3 rings (SSSR count). The van der Waals surface area contributed by atoms with Crippen molar-refractivity contribution in [2.24, 2.45) is 5.73 Å². The van der Waals surface area contributed by atoms with Crippen molar-refractivity contribution in [1.82, 2.24) is 9.38 Å². The molecule has 0 spiro atoms. The first-order chi connectivity index (χ1) is 9.61. The molecule has 3 aromatic rings. The second-order valence-corrected chi connectivity index (χ2v) is 5.28. The highest BCUT2D eigenvalue weighted by Gasteiger charge is 2.12. The predicted octanol–water partition coefficient (Wildman–Crippen LogP) is 3.39. The molecule has 0 unspecified atom stereocenters. The number of hydrogen-bond donors (Lipinski definition) is 1. The Hall–Kier alpha value is -2.13. The zero-order valence-electron chi connectivity index (χ0n) is 12.1. The van der Waals surface area contributed by atoms with Gasteiger partial charge in [-0.2, -0.15) is 0 Å². The number of nitrogens with zero attached hydrogens (tertiary/aromatic N) is 2. The van der Waals surface area contributed by atoms with Crippen LogP contribution >= 0.6 is 0 Å². The highest BCUT2D eigenvalue weighted by Crippen LogP contribution is 2.26. The molecule has 0 saturated carbocycles. The third-order valence-electron chi connectivity index (χ3n) is 3.97. The zero-order valence-corrected chi connectivity index (χ0v) is 12.1. The van der Waals surface area contributed by atoms with Gasteiger partial charge in [0.05, 0.1) is 5.69 Å². The molecule has 0 radical (unpaired) electrons. The summed E-state index contributed by atoms with van der Waals surface area (Å²) in [5.41, 5.74) is 13.8. The average molecular weight is 265 g/mol. The summed E-state index contributed by atoms with van der Waals surface area (Å²) in [7, 11) is 0. The fourth-order valence-electron chi connectivity index (χ4n) is 2.56. The summed E-state index contributed by atoms with van der Waals surface area (Å²) in [6.07, 6.45) is 2.04. The molecule has 2 heterocycles. The van der Waals surface area contributed by atoms with Crippen molar-refractivity contribution in [3.05, 3.63) is 58.9 Å². The number of imidazole rings is 1. The van der Waals surface area contributed by atoms with Crippen LogP contribution in [0.3, 0.4) is 0 Å². The van der Waals surface area contributed by atoms with Crippen molar-refractivity contribution in [3.63, 3.8) is 0 Å². The Morgan fingerprint density at radius 2 is 1.90 bits per heavy atom. The Morgan fingerprint density at radius 1 is 1.10 bits per heavy atom. The van der Waals surface area contributed by atoms with E-state index in [9.17, 15) is 0 Å². The molecule has 0 fully saturated rings. The highest BCUT2D eigenvalue weighted by atomic mass is 15.0. The van der Waals surface area contributed by atoms with Gasteiger partial charge < -0.3 is 10.1 Å². The largest absolute Gasteiger partial charge is 0.326 e. The van der Waals surface area contributed by atoms with E-state index in [4.69, 9.17) is 10.7 Å². The van der Waals surface area contributed by atoms with Crippen molar-refractivity contribution < 1.29 is 0 Å². The number of hydrogen-bond acceptors (Lipinski definition) is 2. The molecule has 102 valence electrons. The van der Waals surface area contributed by atoms with E-state index in [2.05, 4.69) is 43.4 Å². The maximum atomic E-state index is 5.80. The van der Waals surface area contributed by atoms with Crippen LogP contribution in [0.15, 0.2) is 36.5 Å². The van der Waals surface area contributed by atoms with Crippen molar-refractivity contribution in [1.29, 1.82) is 0 Å². The van der Waals surface area contributed by atoms with Gasteiger partial charge in [0.15, 0.2) is 0 Å². The first-order valence-corrected chi connectivity index (χ1v) is 6.86. The Morgan fingerprint density at radius 3 is 2.60 bits per heavy atom. The van der Waals surface area contributed by atoms with Crippen LogP contribution in [0.2, 0.25) is 0 Å². The maximum absolute atomic E-state index is 5.80. The Bertz CT molecular complexity index is 784. The Balaban J connectivity index is 2.26. The third kappa shape index (κ3) is 1.91. The summed E-state index contributed by atoms with van der Waals surface area (Å²) in [6, 6.07) is 10.5. The first kappa shape index (κ1) is 12.9. The number of fused-ring (bicyclic) bond motifs is 1. The van der Waals surface area contributed by atoms with Crippen molar-refractivity contribution in [2.75, 3.05) is 0 Å². The fraction of sp³-hybridized carbons (Fsp3) is 0.235. The molecule has 0 aliphatic carbocycles. The average Bonchev–Trinajstić information content (AvgIpc) is 2.79. The van der Waals surface area contributed by atoms with Crippen LogP contribution in [0, 0.1) is 20.8 Å². The van der Waals surface area contributed by atoms with Crippen LogP contribution in [-0.4, -0.2) is 9.38 Å². The van der Waals surface area contributed by atoms with Crippen LogP contribution in [0.25, 0.3) is 16.9 Å². The van der Waals surface area contributed by atoms with Crippen molar-refractivity contribution >= 4 is 5.65 Å². The molecular formula is C17H19N3. The molecule has 2 N–H and O–H groups in total. The summed E-state index contributed by atoms with van der Waals surface area (Å²) in [5.74, 6) is 0. The van der Waals surface area contributed by atoms with Crippen molar-refractivity contribution in [3.8, 4) is 11.3 Å². The number of pyridine rings is 1. The lowest BCUT2D eigenvalue weighted by atomic mass is 10.0. The minimum absolute atomic E-state index is 0.507. The summed E-state index contributed by atoms with van der Waals surface area (Å²) < 4.78 is 2.12. The van der Waals surface area contributed by atoms with Gasteiger partial charge >= 0.3 is 0 Å². The van der Waals surface area contributed by atoms with Gasteiger partial charge in [0.2, 0.25) is 0 Å². The molecular weight excluding hydrogens is 246 g/mol. The summed E-state index contributed by atoms with van der Waals surface area (Å²) in [4.78, 5) is 4.81. The molecule has 1 aromatic carbocycles. The topological polar surface area (TPSA) is 43.3 Å². The van der Waals surface area contributed by atoms with E-state index in [1.165, 1.54) is 11.1 Å². The van der Waals surface area contributed by atoms with E-state index >= 15 is 0 Å². The summed E-state index contributed by atoms with van der Waals surface area (Å²) in [5, 5.41) is 0. The minimum Gasteiger partial charge on any atom is -0.326 e. The molecule has 3 nitrogen and oxygen atoms in total. The second kappa shape index (κ2) is 4.76. The molecule has 0 bridgehead atoms. The lowest BCUT2D eigenvalue weighted by Crippen LogP contribution is -1.99. The van der Waals surface area contributed by atoms with E-state index in [0.29, 0.717) is 6.54 Å². The number of benzene rings is 1. The quantitative estimate of drug-likeness (QED) is 0.772. The number of nitrogens with two attached hydrogens (primary N) is 1. The Labute approximate surface area is 119 Å². The van der Waals surface area contributed by atoms with Gasteiger partial charge in [-0.3, -0.25) is 0 Å². The minimum atomic E-state index is 0.507. The number of aromatic nitrogens is 2. The van der Waals surface area contributed by atoms with Gasteiger partial charge in [-0.05, 0) is 44.0 Å². The zero-order chi connectivity index (χ0) is 14.3. The molecule has 0 aliphatic rings. The SMILES string of the molecule is Cc1ccc(-c2nc3c(CN)cccn3c2C)cc1C. The van der Waals surface area contributed by atoms with Gasteiger partial charge in [-0.1, -0.05) is 18.2 Å². The third-order valence-corrected chi connectivity index (χ3v) is 3.97. The van der Waals surface area contributed by atoms with Gasteiger partial charge in [0.25, 0.3) is 0 Å². The molecule has 0 atom stereocenters. The monoisotopic (exact) mass is 265 g/mol. The summed E-state index contributed by atoms with van der Waals surface area (Å²) in [6.45, 7) is 6.87. The van der Waals surface area contributed by atoms with Gasteiger partial charge in [0.1, 0.15) is 5.65 Å². The Kier molecular flexibility index (Phi) is 3.07. The van der Waals surface area contributed by atoms with E-state index in [-0.39, 0.29) is 0 Å². The first-order valence-electron chi connectivity index (χ1n) is 6.86. The van der Waals surface area contributed by atoms with Gasteiger partial charge in [-0.15, -0.1) is 0 Å². The molecule has 3 heteroatoms. The molecule has 2 aromatic heterocycles. The van der Waals surface area contributed by atoms with E-state index in [0.717, 1.165) is 28.2 Å². The molecule has 0 saturated heterocycles. The van der Waals surface area contributed by atoms with E-state index in [1.54, 1.807) is 0 Å². The number of rotatable bonds is 2. The van der Waals surface area contributed by atoms with Crippen LogP contribution in [0.5, 0.6) is 0 Å². The van der Waals surface area contributed by atoms with Crippen molar-refractivity contribution in [2.45, 2.75) is 27.3 Å². The van der Waals surface area contributed by atoms with Crippen LogP contribution < -0.4 is 5.73 Å². The standard InChI is InChI=1S/C17H19N3/c1-11-6-7-14(9-12(11)2)16-13(3)20-8-4-5-15(10-18)17(20)19-16/h4-9H,10,18H2,1-3H3. The normalized spacial score (nSPS) is 11.2. The van der Waals surface area contributed by atoms with Crippen LogP contribution in [0.1, 0.15) is 22.4 Å². The molecule has 20 heavy (non-hydrogen) atoms. The fourth-order valence-corrected chi connectivity index (χ4v) is 2.56. The predicted molar refractivity (Wildman–Crippen MR) is 82.7 cm³/mol. The van der Waals surface area contributed by atoms with Crippen LogP contribution in [0.4, 0.5) is 0 Å². The summed E-state index contributed by atoms with van der Waals surface area (Å²) >= 11 is 0.